The molecule has 0 amide bonds. The highest BCUT2D eigenvalue weighted by atomic mass is 35.5. The molecule has 0 aliphatic carbocycles. The van der Waals surface area contributed by atoms with E-state index in [1.54, 1.807) is 0 Å². The van der Waals surface area contributed by atoms with Gasteiger partial charge in [-0.05, 0) is 32.5 Å². The number of nitrogens with one attached hydrogen (secondary N) is 1. The number of hydrogen-bond donors (Lipinski definition) is 1. The van der Waals surface area contributed by atoms with Crippen molar-refractivity contribution in [1.82, 2.24) is 9.62 Å². The van der Waals surface area contributed by atoms with Crippen LogP contribution >= 0.6 is 11.6 Å². The third-order valence-electron chi connectivity index (χ3n) is 2.73. The standard InChI is InChI=1S/C9H19ClN2O2S/c1-2-12-6-3-9(4-7-12)11-15(13,14)8-5-10/h9,11H,2-8H2,1H3. The number of halogens is 1. The minimum Gasteiger partial charge on any atom is -0.303 e. The van der Waals surface area contributed by atoms with E-state index in [1.165, 1.54) is 0 Å². The van der Waals surface area contributed by atoms with Gasteiger partial charge in [0.25, 0.3) is 0 Å². The van der Waals surface area contributed by atoms with Crippen LogP contribution in [0.25, 0.3) is 0 Å². The van der Waals surface area contributed by atoms with Crippen molar-refractivity contribution in [2.24, 2.45) is 0 Å². The second-order valence-electron chi connectivity index (χ2n) is 3.83. The zero-order chi connectivity index (χ0) is 11.3. The minimum absolute atomic E-state index is 0.0164. The number of sulfonamides is 1. The zero-order valence-electron chi connectivity index (χ0n) is 9.08. The minimum atomic E-state index is -3.16. The lowest BCUT2D eigenvalue weighted by atomic mass is 10.1. The molecule has 6 heteroatoms. The topological polar surface area (TPSA) is 49.4 Å². The van der Waals surface area contributed by atoms with Crippen LogP contribution in [0.3, 0.4) is 0 Å². The maximum atomic E-state index is 11.4. The van der Waals surface area contributed by atoms with Gasteiger partial charge < -0.3 is 4.90 Å². The van der Waals surface area contributed by atoms with Crippen LogP contribution in [-0.4, -0.2) is 50.6 Å². The van der Waals surface area contributed by atoms with Gasteiger partial charge in [-0.1, -0.05) is 6.92 Å². The Kier molecular flexibility index (Phi) is 5.32. The van der Waals surface area contributed by atoms with Crippen molar-refractivity contribution in [3.8, 4) is 0 Å². The second-order valence-corrected chi connectivity index (χ2v) is 6.09. The molecule has 1 rings (SSSR count). The van der Waals surface area contributed by atoms with Gasteiger partial charge in [0.2, 0.25) is 10.0 Å². The molecular formula is C9H19ClN2O2S. The monoisotopic (exact) mass is 254 g/mol. The molecule has 1 aliphatic rings. The highest BCUT2D eigenvalue weighted by Crippen LogP contribution is 2.10. The van der Waals surface area contributed by atoms with E-state index < -0.39 is 10.0 Å². The number of rotatable bonds is 5. The maximum absolute atomic E-state index is 11.4. The Bertz CT molecular complexity index is 274. The Morgan fingerprint density at radius 3 is 2.47 bits per heavy atom. The van der Waals surface area contributed by atoms with Crippen molar-refractivity contribution in [1.29, 1.82) is 0 Å². The van der Waals surface area contributed by atoms with E-state index in [0.29, 0.717) is 0 Å². The largest absolute Gasteiger partial charge is 0.303 e. The van der Waals surface area contributed by atoms with Crippen molar-refractivity contribution in [3.05, 3.63) is 0 Å². The Balaban J connectivity index is 2.35. The first-order valence-corrected chi connectivity index (χ1v) is 7.54. The molecule has 15 heavy (non-hydrogen) atoms. The van der Waals surface area contributed by atoms with E-state index in [2.05, 4.69) is 16.5 Å². The third kappa shape index (κ3) is 4.68. The summed E-state index contributed by atoms with van der Waals surface area (Å²) in [5.74, 6) is 0.172. The molecule has 1 saturated heterocycles. The molecule has 0 saturated carbocycles. The summed E-state index contributed by atoms with van der Waals surface area (Å²) in [5, 5.41) is 0. The van der Waals surface area contributed by atoms with Crippen molar-refractivity contribution in [2.75, 3.05) is 31.3 Å². The second kappa shape index (κ2) is 6.03. The zero-order valence-corrected chi connectivity index (χ0v) is 10.6. The van der Waals surface area contributed by atoms with Crippen molar-refractivity contribution in [3.63, 3.8) is 0 Å². The number of likely N-dealkylation sites (tertiary alicyclic amines) is 1. The summed E-state index contributed by atoms with van der Waals surface area (Å²) < 4.78 is 25.6. The van der Waals surface area contributed by atoms with Crippen LogP contribution in [0.4, 0.5) is 0 Å². The summed E-state index contributed by atoms with van der Waals surface area (Å²) in [5.41, 5.74) is 0. The van der Waals surface area contributed by atoms with Crippen molar-refractivity contribution in [2.45, 2.75) is 25.8 Å². The number of piperidine rings is 1. The Morgan fingerprint density at radius 2 is 2.00 bits per heavy atom. The summed E-state index contributed by atoms with van der Waals surface area (Å²) in [6, 6.07) is 0.0982. The third-order valence-corrected chi connectivity index (χ3v) is 4.57. The van der Waals surface area contributed by atoms with E-state index in [9.17, 15) is 8.42 Å². The molecule has 1 aliphatic heterocycles. The van der Waals surface area contributed by atoms with Gasteiger partial charge in [0.1, 0.15) is 0 Å². The predicted molar refractivity (Wildman–Crippen MR) is 62.8 cm³/mol. The van der Waals surface area contributed by atoms with E-state index >= 15 is 0 Å². The number of hydrogen-bond acceptors (Lipinski definition) is 3. The van der Waals surface area contributed by atoms with Crippen LogP contribution in [0, 0.1) is 0 Å². The van der Waals surface area contributed by atoms with Crippen LogP contribution in [0.15, 0.2) is 0 Å². The molecule has 0 aromatic heterocycles. The van der Waals surface area contributed by atoms with Gasteiger partial charge in [0.15, 0.2) is 0 Å². The lowest BCUT2D eigenvalue weighted by Crippen LogP contribution is -2.45. The number of nitrogens with zero attached hydrogens (tertiary/aromatic N) is 1. The smallest absolute Gasteiger partial charge is 0.213 e. The van der Waals surface area contributed by atoms with Crippen LogP contribution in [-0.2, 0) is 10.0 Å². The van der Waals surface area contributed by atoms with Gasteiger partial charge >= 0.3 is 0 Å². The Labute approximate surface area is 97.0 Å². The molecule has 90 valence electrons. The van der Waals surface area contributed by atoms with E-state index in [1.807, 2.05) is 0 Å². The highest BCUT2D eigenvalue weighted by molar-refractivity contribution is 7.89. The van der Waals surface area contributed by atoms with E-state index in [0.717, 1.165) is 32.5 Å². The fourth-order valence-corrected chi connectivity index (χ4v) is 3.46. The summed E-state index contributed by atoms with van der Waals surface area (Å²) in [7, 11) is -3.16. The molecule has 0 spiro atoms. The molecular weight excluding hydrogens is 236 g/mol. The predicted octanol–water partition coefficient (Wildman–Crippen LogP) is 0.629. The molecule has 1 N–H and O–H groups in total. The maximum Gasteiger partial charge on any atom is 0.213 e. The molecule has 1 fully saturated rings. The normalized spacial score (nSPS) is 20.7. The average molecular weight is 255 g/mol. The van der Waals surface area contributed by atoms with Gasteiger partial charge in [-0.3, -0.25) is 0 Å². The average Bonchev–Trinajstić information content (AvgIpc) is 2.18. The van der Waals surface area contributed by atoms with Gasteiger partial charge in [-0.2, -0.15) is 0 Å². The van der Waals surface area contributed by atoms with E-state index in [-0.39, 0.29) is 17.7 Å². The van der Waals surface area contributed by atoms with Crippen LogP contribution in [0.5, 0.6) is 0 Å². The lowest BCUT2D eigenvalue weighted by molar-refractivity contribution is 0.217. The highest BCUT2D eigenvalue weighted by Gasteiger charge is 2.22. The van der Waals surface area contributed by atoms with Gasteiger partial charge in [0.05, 0.1) is 5.75 Å². The van der Waals surface area contributed by atoms with Crippen LogP contribution < -0.4 is 4.72 Å². The van der Waals surface area contributed by atoms with Gasteiger partial charge in [0, 0.05) is 11.9 Å². The molecule has 0 aromatic carbocycles. The first kappa shape index (κ1) is 13.2. The summed E-state index contributed by atoms with van der Waals surface area (Å²) in [4.78, 5) is 2.33. The van der Waals surface area contributed by atoms with Crippen molar-refractivity contribution >= 4 is 21.6 Å². The fourth-order valence-electron chi connectivity index (χ4n) is 1.78. The SMILES string of the molecule is CCN1CCC(NS(=O)(=O)CCCl)CC1. The molecule has 0 unspecified atom stereocenters. The van der Waals surface area contributed by atoms with Crippen molar-refractivity contribution < 1.29 is 8.42 Å². The van der Waals surface area contributed by atoms with Gasteiger partial charge in [-0.25, -0.2) is 13.1 Å². The molecule has 0 radical (unpaired) electrons. The molecule has 4 nitrogen and oxygen atoms in total. The first-order chi connectivity index (χ1) is 7.07. The quantitative estimate of drug-likeness (QED) is 0.733. The molecule has 0 atom stereocenters. The first-order valence-electron chi connectivity index (χ1n) is 5.35. The lowest BCUT2D eigenvalue weighted by Gasteiger charge is -2.31. The Morgan fingerprint density at radius 1 is 1.40 bits per heavy atom. The van der Waals surface area contributed by atoms with Gasteiger partial charge in [-0.15, -0.1) is 11.6 Å². The fraction of sp³-hybridized carbons (Fsp3) is 1.00. The van der Waals surface area contributed by atoms with Crippen LogP contribution in [0.1, 0.15) is 19.8 Å². The Hall–Kier alpha value is 0.160. The molecule has 0 bridgehead atoms. The number of alkyl halides is 1. The van der Waals surface area contributed by atoms with Crippen LogP contribution in [0.2, 0.25) is 0 Å². The molecule has 0 aromatic rings. The summed E-state index contributed by atoms with van der Waals surface area (Å²) in [6.07, 6.45) is 1.80. The summed E-state index contributed by atoms with van der Waals surface area (Å²) >= 11 is 5.42. The van der Waals surface area contributed by atoms with E-state index in [4.69, 9.17) is 11.6 Å². The molecule has 1 heterocycles. The summed E-state index contributed by atoms with van der Waals surface area (Å²) in [6.45, 7) is 5.12.